The number of benzene rings is 1. The van der Waals surface area contributed by atoms with Gasteiger partial charge in [-0.2, -0.15) is 4.72 Å². The van der Waals surface area contributed by atoms with Crippen LogP contribution in [0.15, 0.2) is 41.7 Å². The normalized spacial score (nSPS) is 21.5. The summed E-state index contributed by atoms with van der Waals surface area (Å²) in [7, 11) is -2.06. The van der Waals surface area contributed by atoms with Crippen LogP contribution in [0.5, 0.6) is 5.75 Å². The fourth-order valence-corrected chi connectivity index (χ4v) is 5.00. The number of methoxy groups -OCH3 is 1. The van der Waals surface area contributed by atoms with Gasteiger partial charge in [0.2, 0.25) is 10.0 Å². The van der Waals surface area contributed by atoms with Gasteiger partial charge in [0, 0.05) is 31.5 Å². The van der Waals surface area contributed by atoms with E-state index in [1.165, 1.54) is 24.7 Å². The molecule has 2 aliphatic rings. The zero-order valence-corrected chi connectivity index (χ0v) is 16.1. The number of piperidine rings is 1. The Hall–Kier alpha value is -2.72. The molecule has 0 saturated carbocycles. The number of sulfonamides is 1. The number of aromatic nitrogens is 2. The lowest BCUT2D eigenvalue weighted by Crippen LogP contribution is -2.52. The zero-order chi connectivity index (χ0) is 19.7. The van der Waals surface area contributed by atoms with E-state index in [2.05, 4.69) is 20.0 Å². The number of carbonyl (C=O) groups excluding carboxylic acids is 1. The van der Waals surface area contributed by atoms with Crippen molar-refractivity contribution in [1.82, 2.24) is 19.6 Å². The van der Waals surface area contributed by atoms with Crippen molar-refractivity contribution in [2.75, 3.05) is 25.5 Å². The number of ether oxygens (including phenoxy) is 1. The fourth-order valence-electron chi connectivity index (χ4n) is 3.63. The number of anilines is 1. The van der Waals surface area contributed by atoms with Gasteiger partial charge < -0.3 is 15.0 Å². The van der Waals surface area contributed by atoms with Gasteiger partial charge in [-0.3, -0.25) is 9.78 Å². The number of rotatable bonds is 3. The number of hydrogen-bond donors (Lipinski definition) is 2. The van der Waals surface area contributed by atoms with E-state index in [0.29, 0.717) is 43.1 Å². The molecule has 0 bridgehead atoms. The van der Waals surface area contributed by atoms with Crippen LogP contribution in [-0.4, -0.2) is 55.6 Å². The number of hydrogen-bond acceptors (Lipinski definition) is 7. The van der Waals surface area contributed by atoms with Crippen LogP contribution >= 0.6 is 0 Å². The Morgan fingerprint density at radius 1 is 1.25 bits per heavy atom. The van der Waals surface area contributed by atoms with Crippen LogP contribution in [0.2, 0.25) is 0 Å². The Balaban J connectivity index is 1.46. The highest BCUT2D eigenvalue weighted by Crippen LogP contribution is 2.33. The monoisotopic (exact) mass is 403 g/mol. The van der Waals surface area contributed by atoms with Crippen LogP contribution < -0.4 is 14.8 Å². The van der Waals surface area contributed by atoms with E-state index in [1.807, 2.05) is 0 Å². The highest BCUT2D eigenvalue weighted by atomic mass is 32.2. The van der Waals surface area contributed by atoms with Crippen molar-refractivity contribution < 1.29 is 17.9 Å². The first-order valence-electron chi connectivity index (χ1n) is 9.00. The van der Waals surface area contributed by atoms with Gasteiger partial charge in [0.25, 0.3) is 5.91 Å². The van der Waals surface area contributed by atoms with Gasteiger partial charge in [-0.15, -0.1) is 0 Å². The molecule has 0 aliphatic carbocycles. The average molecular weight is 403 g/mol. The molecule has 4 rings (SSSR count). The second kappa shape index (κ2) is 7.36. The predicted octanol–water partition coefficient (Wildman–Crippen LogP) is 1.07. The van der Waals surface area contributed by atoms with Crippen LogP contribution in [0.3, 0.4) is 0 Å². The van der Waals surface area contributed by atoms with Crippen LogP contribution in [0.25, 0.3) is 0 Å². The molecule has 1 unspecified atom stereocenters. The van der Waals surface area contributed by atoms with Crippen molar-refractivity contribution in [3.8, 4) is 5.75 Å². The molecule has 9 nitrogen and oxygen atoms in total. The quantitative estimate of drug-likeness (QED) is 0.788. The molecule has 10 heteroatoms. The summed E-state index contributed by atoms with van der Waals surface area (Å²) < 4.78 is 33.2. The summed E-state index contributed by atoms with van der Waals surface area (Å²) in [5.41, 5.74) is 0.847. The Morgan fingerprint density at radius 2 is 2.04 bits per heavy atom. The van der Waals surface area contributed by atoms with Crippen molar-refractivity contribution in [2.45, 2.75) is 23.9 Å². The summed E-state index contributed by atoms with van der Waals surface area (Å²) in [6.07, 6.45) is 5.38. The molecular formula is C18H21N5O4S. The smallest absolute Gasteiger partial charge is 0.274 e. The maximum atomic E-state index is 12.6. The molecule has 1 aromatic carbocycles. The van der Waals surface area contributed by atoms with E-state index in [0.717, 1.165) is 0 Å². The van der Waals surface area contributed by atoms with Gasteiger partial charge in [0.1, 0.15) is 16.3 Å². The van der Waals surface area contributed by atoms with Gasteiger partial charge in [-0.05, 0) is 30.9 Å². The first-order chi connectivity index (χ1) is 13.5. The molecule has 1 saturated heterocycles. The van der Waals surface area contributed by atoms with Crippen LogP contribution in [-0.2, 0) is 10.0 Å². The number of nitrogens with zero attached hydrogens (tertiary/aromatic N) is 3. The topological polar surface area (TPSA) is 114 Å². The van der Waals surface area contributed by atoms with E-state index < -0.39 is 16.2 Å². The lowest BCUT2D eigenvalue weighted by Gasteiger charge is -2.38. The second-order valence-electron chi connectivity index (χ2n) is 6.83. The van der Waals surface area contributed by atoms with E-state index >= 15 is 0 Å². The van der Waals surface area contributed by atoms with Crippen molar-refractivity contribution in [2.24, 2.45) is 5.92 Å². The minimum Gasteiger partial charge on any atom is -0.497 e. The highest BCUT2D eigenvalue weighted by molar-refractivity contribution is 7.89. The van der Waals surface area contributed by atoms with Crippen molar-refractivity contribution >= 4 is 21.6 Å². The van der Waals surface area contributed by atoms with Gasteiger partial charge in [-0.1, -0.05) is 0 Å². The van der Waals surface area contributed by atoms with E-state index in [9.17, 15) is 13.2 Å². The Kier molecular flexibility index (Phi) is 4.90. The van der Waals surface area contributed by atoms with Gasteiger partial charge in [0.05, 0.1) is 25.2 Å². The molecule has 28 heavy (non-hydrogen) atoms. The third-order valence-corrected chi connectivity index (χ3v) is 6.65. The number of likely N-dealkylation sites (tertiary alicyclic amines) is 1. The molecular weight excluding hydrogens is 382 g/mol. The standard InChI is InChI=1S/C18H21N5O4S/c1-27-13-2-3-16-14(10-13)21-17(22-28(16,25)26)12-4-8-23(9-5-12)18(24)15-11-19-6-7-20-15/h2-3,6-7,10-12,17,21-22H,4-5,8-9H2,1H3. The third kappa shape index (κ3) is 3.52. The maximum Gasteiger partial charge on any atom is 0.274 e. The molecule has 1 fully saturated rings. The average Bonchev–Trinajstić information content (AvgIpc) is 2.73. The van der Waals surface area contributed by atoms with Crippen LogP contribution in [0.1, 0.15) is 23.3 Å². The summed E-state index contributed by atoms with van der Waals surface area (Å²) in [6, 6.07) is 4.84. The molecule has 1 atom stereocenters. The van der Waals surface area contributed by atoms with E-state index in [-0.39, 0.29) is 16.7 Å². The van der Waals surface area contributed by atoms with Crippen molar-refractivity contribution in [3.63, 3.8) is 0 Å². The SMILES string of the molecule is COc1ccc2c(c1)NC(C1CCN(C(=O)c3cnccn3)CC1)NS2(=O)=O. The first kappa shape index (κ1) is 18.6. The molecule has 148 valence electrons. The van der Waals surface area contributed by atoms with Crippen LogP contribution in [0.4, 0.5) is 5.69 Å². The van der Waals surface area contributed by atoms with E-state index in [4.69, 9.17) is 4.74 Å². The van der Waals surface area contributed by atoms with Gasteiger partial charge in [-0.25, -0.2) is 13.4 Å². The number of fused-ring (bicyclic) bond motifs is 1. The van der Waals surface area contributed by atoms with Crippen molar-refractivity contribution in [1.29, 1.82) is 0 Å². The molecule has 2 aromatic rings. The summed E-state index contributed by atoms with van der Waals surface area (Å²) in [5.74, 6) is 0.491. The molecule has 0 radical (unpaired) electrons. The maximum absolute atomic E-state index is 12.6. The molecule has 1 aromatic heterocycles. The zero-order valence-electron chi connectivity index (χ0n) is 15.3. The van der Waals surface area contributed by atoms with Crippen molar-refractivity contribution in [3.05, 3.63) is 42.5 Å². The third-order valence-electron chi connectivity index (χ3n) is 5.15. The van der Waals surface area contributed by atoms with E-state index in [1.54, 1.807) is 24.1 Å². The minimum absolute atomic E-state index is 0.0556. The van der Waals surface area contributed by atoms with Gasteiger partial charge >= 0.3 is 0 Å². The number of carbonyl (C=O) groups is 1. The Bertz CT molecular complexity index is 975. The first-order valence-corrected chi connectivity index (χ1v) is 10.5. The van der Waals surface area contributed by atoms with Crippen LogP contribution in [0, 0.1) is 5.92 Å². The number of nitrogens with one attached hydrogen (secondary N) is 2. The minimum atomic E-state index is -3.61. The predicted molar refractivity (Wildman–Crippen MR) is 101 cm³/mol. The molecule has 0 spiro atoms. The Labute approximate surface area is 163 Å². The largest absolute Gasteiger partial charge is 0.497 e. The summed E-state index contributed by atoms with van der Waals surface area (Å²) in [4.78, 5) is 22.4. The van der Waals surface area contributed by atoms with Gasteiger partial charge in [0.15, 0.2) is 0 Å². The molecule has 2 N–H and O–H groups in total. The fraction of sp³-hybridized carbons (Fsp3) is 0.389. The molecule has 1 amide bonds. The second-order valence-corrected chi connectivity index (χ2v) is 8.51. The lowest BCUT2D eigenvalue weighted by atomic mass is 9.93. The lowest BCUT2D eigenvalue weighted by molar-refractivity contribution is 0.0673. The summed E-state index contributed by atoms with van der Waals surface area (Å²) in [5, 5.41) is 3.28. The molecule has 2 aliphatic heterocycles. The Morgan fingerprint density at radius 3 is 2.71 bits per heavy atom. The molecule has 3 heterocycles. The summed E-state index contributed by atoms with van der Waals surface area (Å²) >= 11 is 0. The highest BCUT2D eigenvalue weighted by Gasteiger charge is 2.36. The summed E-state index contributed by atoms with van der Waals surface area (Å²) in [6.45, 7) is 1.07. The number of amides is 1.